The fraction of sp³-hybridized carbons (Fsp3) is 0.875. The number of hydrogen-bond acceptors (Lipinski definition) is 6. The zero-order chi connectivity index (χ0) is 17.7. The Morgan fingerprint density at radius 3 is 1.70 bits per heavy atom. The molecule has 1 heterocycles. The van der Waals surface area contributed by atoms with E-state index in [9.17, 15) is 0 Å². The zero-order valence-corrected chi connectivity index (χ0v) is 14.7. The number of aryl methyl sites for hydroxylation is 2. The predicted octanol–water partition coefficient (Wildman–Crippen LogP) is 0.535. The van der Waals surface area contributed by atoms with Crippen molar-refractivity contribution in [2.45, 2.75) is 59.4 Å². The maximum Gasteiger partial charge on any atom is 0.0859 e. The Kier molecular flexibility index (Phi) is 11.9. The number of aliphatic hydroxyl groups is 4. The molecular weight excluding hydrogens is 298 g/mol. The van der Waals surface area contributed by atoms with Gasteiger partial charge in [0.05, 0.1) is 43.2 Å². The van der Waals surface area contributed by atoms with Crippen molar-refractivity contribution in [3.8, 4) is 0 Å². The second kappa shape index (κ2) is 12.4. The Hall–Kier alpha value is -1.02. The smallest absolute Gasteiger partial charge is 0.0859 e. The van der Waals surface area contributed by atoms with Crippen LogP contribution in [0.15, 0.2) is 0 Å². The molecule has 0 saturated heterocycles. The van der Waals surface area contributed by atoms with Crippen molar-refractivity contribution in [1.82, 2.24) is 15.0 Å². The zero-order valence-electron chi connectivity index (χ0n) is 14.7. The van der Waals surface area contributed by atoms with Gasteiger partial charge in [0.15, 0.2) is 0 Å². The van der Waals surface area contributed by atoms with Crippen LogP contribution < -0.4 is 0 Å². The molecule has 0 bridgehead atoms. The predicted molar refractivity (Wildman–Crippen MR) is 89.1 cm³/mol. The Balaban J connectivity index is 0.000000468. The molecule has 23 heavy (non-hydrogen) atoms. The van der Waals surface area contributed by atoms with E-state index in [1.54, 1.807) is 0 Å². The fourth-order valence-corrected chi connectivity index (χ4v) is 2.00. The third-order valence-corrected chi connectivity index (χ3v) is 3.67. The van der Waals surface area contributed by atoms with Crippen molar-refractivity contribution in [2.24, 2.45) is 5.41 Å². The van der Waals surface area contributed by atoms with Crippen LogP contribution in [-0.4, -0.2) is 61.8 Å². The summed E-state index contributed by atoms with van der Waals surface area (Å²) in [6.07, 6.45) is 5.64. The van der Waals surface area contributed by atoms with Gasteiger partial charge in [-0.3, -0.25) is 0 Å². The average molecular weight is 331 g/mol. The van der Waals surface area contributed by atoms with Crippen LogP contribution in [0.3, 0.4) is 0 Å². The molecule has 0 atom stereocenters. The molecule has 0 fully saturated rings. The van der Waals surface area contributed by atoms with Gasteiger partial charge in [0.2, 0.25) is 0 Å². The summed E-state index contributed by atoms with van der Waals surface area (Å²) in [5.41, 5.74) is 1.46. The fourth-order valence-electron chi connectivity index (χ4n) is 2.00. The molecule has 0 radical (unpaired) electrons. The van der Waals surface area contributed by atoms with Crippen LogP contribution in [0.2, 0.25) is 0 Å². The molecular formula is C16H33N3O4. The number of hydrogen-bond donors (Lipinski definition) is 4. The van der Waals surface area contributed by atoms with E-state index in [2.05, 4.69) is 35.8 Å². The first-order valence-electron chi connectivity index (χ1n) is 8.42. The van der Waals surface area contributed by atoms with Crippen LogP contribution >= 0.6 is 0 Å². The summed E-state index contributed by atoms with van der Waals surface area (Å²) in [5, 5.41) is 42.5. The van der Waals surface area contributed by atoms with Crippen LogP contribution in [-0.2, 0) is 19.4 Å². The highest BCUT2D eigenvalue weighted by Gasteiger charge is 2.26. The minimum Gasteiger partial charge on any atom is -0.396 e. The first-order chi connectivity index (χ1) is 11.1. The van der Waals surface area contributed by atoms with Gasteiger partial charge in [-0.2, -0.15) is 0 Å². The Bertz CT molecular complexity index is 365. The highest BCUT2D eigenvalue weighted by atomic mass is 16.3. The molecule has 1 aromatic rings. The number of rotatable bonds is 10. The molecule has 0 saturated carbocycles. The Morgan fingerprint density at radius 1 is 0.826 bits per heavy atom. The van der Waals surface area contributed by atoms with Crippen LogP contribution in [0.5, 0.6) is 0 Å². The maximum absolute atomic E-state index is 8.50. The molecule has 0 aromatic carbocycles. The van der Waals surface area contributed by atoms with Crippen molar-refractivity contribution in [3.63, 3.8) is 0 Å². The van der Waals surface area contributed by atoms with E-state index >= 15 is 0 Å². The lowest BCUT2D eigenvalue weighted by Gasteiger charge is -2.23. The van der Waals surface area contributed by atoms with Gasteiger partial charge < -0.3 is 20.4 Å². The van der Waals surface area contributed by atoms with Gasteiger partial charge in [-0.05, 0) is 19.3 Å². The van der Waals surface area contributed by atoms with E-state index in [0.29, 0.717) is 0 Å². The highest BCUT2D eigenvalue weighted by molar-refractivity contribution is 5.10. The molecule has 7 heteroatoms. The van der Waals surface area contributed by atoms with Crippen LogP contribution in [0.4, 0.5) is 0 Å². The van der Waals surface area contributed by atoms with E-state index in [4.69, 9.17) is 20.4 Å². The monoisotopic (exact) mass is 331 g/mol. The van der Waals surface area contributed by atoms with Gasteiger partial charge in [-0.15, -0.1) is 5.10 Å². The largest absolute Gasteiger partial charge is 0.396 e. The second-order valence-electron chi connectivity index (χ2n) is 5.84. The molecule has 0 unspecified atom stereocenters. The summed E-state index contributed by atoms with van der Waals surface area (Å²) in [4.78, 5) is 0. The summed E-state index contributed by atoms with van der Waals surface area (Å²) in [6, 6.07) is 0. The van der Waals surface area contributed by atoms with Crippen molar-refractivity contribution in [2.75, 3.05) is 26.4 Å². The summed E-state index contributed by atoms with van der Waals surface area (Å²) in [5.74, 6) is 0. The number of aromatic nitrogens is 3. The molecule has 0 spiro atoms. The van der Waals surface area contributed by atoms with E-state index < -0.39 is 31.8 Å². The van der Waals surface area contributed by atoms with Gasteiger partial charge in [-0.1, -0.05) is 38.8 Å². The maximum atomic E-state index is 8.50. The van der Waals surface area contributed by atoms with Crippen LogP contribution in [0.1, 0.15) is 51.4 Å². The van der Waals surface area contributed by atoms with Gasteiger partial charge >= 0.3 is 0 Å². The average Bonchev–Trinajstić information content (AvgIpc) is 2.94. The van der Waals surface area contributed by atoms with Crippen molar-refractivity contribution < 1.29 is 20.4 Å². The van der Waals surface area contributed by atoms with E-state index in [0.717, 1.165) is 32.2 Å². The molecule has 7 nitrogen and oxygen atoms in total. The van der Waals surface area contributed by atoms with Crippen molar-refractivity contribution in [1.29, 1.82) is 0 Å². The lowest BCUT2D eigenvalue weighted by Crippen LogP contribution is -2.37. The van der Waals surface area contributed by atoms with E-state index in [-0.39, 0.29) is 0 Å². The lowest BCUT2D eigenvalue weighted by molar-refractivity contribution is -0.0328. The quantitative estimate of drug-likeness (QED) is 0.498. The van der Waals surface area contributed by atoms with Crippen LogP contribution in [0.25, 0.3) is 0 Å². The third-order valence-electron chi connectivity index (χ3n) is 3.67. The third kappa shape index (κ3) is 6.95. The van der Waals surface area contributed by atoms with Gasteiger partial charge in [0.1, 0.15) is 0 Å². The normalized spacial score (nSPS) is 11.3. The molecule has 4 N–H and O–H groups in total. The topological polar surface area (TPSA) is 112 Å². The Morgan fingerprint density at radius 2 is 1.35 bits per heavy atom. The van der Waals surface area contributed by atoms with Gasteiger partial charge in [-0.25, -0.2) is 4.68 Å². The summed E-state index contributed by atoms with van der Waals surface area (Å²) < 4.78 is 2.08. The van der Waals surface area contributed by atoms with Gasteiger partial charge in [0.25, 0.3) is 0 Å². The highest BCUT2D eigenvalue weighted by Crippen LogP contribution is 2.12. The minimum absolute atomic E-state index is 0.406. The van der Waals surface area contributed by atoms with Crippen LogP contribution in [0, 0.1) is 5.41 Å². The summed E-state index contributed by atoms with van der Waals surface area (Å²) in [7, 11) is 0. The molecule has 1 aromatic heterocycles. The Labute approximate surface area is 139 Å². The molecule has 1 rings (SSSR count). The number of aliphatic hydroxyl groups excluding tert-OH is 4. The summed E-state index contributed by atoms with van der Waals surface area (Å²) in [6.45, 7) is 5.95. The molecule has 0 amide bonds. The van der Waals surface area contributed by atoms with Crippen molar-refractivity contribution >= 4 is 0 Å². The van der Waals surface area contributed by atoms with Crippen molar-refractivity contribution in [3.05, 3.63) is 11.4 Å². The lowest BCUT2D eigenvalue weighted by atomic mass is 9.93. The first-order valence-corrected chi connectivity index (χ1v) is 8.42. The summed E-state index contributed by atoms with van der Waals surface area (Å²) >= 11 is 0. The molecule has 0 aliphatic carbocycles. The standard InChI is InChI=1S/C11H21N3.C5H12O4/c1-4-7-10-11(8-5-2)14(9-6-3)13-12-10;6-1-5(2-7,3-8)4-9/h4-9H2,1-3H3;6-9H,1-4H2. The SMILES string of the molecule is CCCc1nnn(CCC)c1CCC.OCC(CO)(CO)CO. The second-order valence-corrected chi connectivity index (χ2v) is 5.84. The minimum atomic E-state index is -1.11. The molecule has 136 valence electrons. The molecule has 0 aliphatic heterocycles. The van der Waals surface area contributed by atoms with E-state index in [1.165, 1.54) is 17.8 Å². The number of nitrogens with zero attached hydrogens (tertiary/aromatic N) is 3. The molecule has 0 aliphatic rings. The first kappa shape index (κ1) is 22.0. The van der Waals surface area contributed by atoms with E-state index in [1.807, 2.05) is 0 Å². The van der Waals surface area contributed by atoms with Gasteiger partial charge in [0, 0.05) is 6.54 Å².